The summed E-state index contributed by atoms with van der Waals surface area (Å²) in [5.41, 5.74) is 0.295. The molecule has 2 aromatic carbocycles. The number of halogens is 1. The van der Waals surface area contributed by atoms with Crippen LogP contribution in [0.1, 0.15) is 23.2 Å². The molecule has 0 aliphatic carbocycles. The quantitative estimate of drug-likeness (QED) is 0.587. The van der Waals surface area contributed by atoms with Crippen LogP contribution in [0.15, 0.2) is 52.3 Å². The fourth-order valence-electron chi connectivity index (χ4n) is 2.64. The van der Waals surface area contributed by atoms with Crippen molar-refractivity contribution < 1.29 is 9.72 Å². The zero-order chi connectivity index (χ0) is 17.1. The van der Waals surface area contributed by atoms with Crippen LogP contribution in [0.3, 0.4) is 0 Å². The zero-order valence-corrected chi connectivity index (χ0v) is 14.3. The molecule has 0 aromatic heterocycles. The van der Waals surface area contributed by atoms with E-state index in [4.69, 9.17) is 11.6 Å². The van der Waals surface area contributed by atoms with Crippen molar-refractivity contribution in [2.45, 2.75) is 22.6 Å². The molecular weight excluding hydrogens is 348 g/mol. The Balaban J connectivity index is 1.90. The van der Waals surface area contributed by atoms with E-state index in [0.29, 0.717) is 28.6 Å². The zero-order valence-electron chi connectivity index (χ0n) is 12.8. The van der Waals surface area contributed by atoms with Gasteiger partial charge in [0.25, 0.3) is 11.6 Å². The van der Waals surface area contributed by atoms with Gasteiger partial charge in [0, 0.05) is 34.6 Å². The van der Waals surface area contributed by atoms with E-state index in [1.165, 1.54) is 17.8 Å². The summed E-state index contributed by atoms with van der Waals surface area (Å²) in [6.45, 7) is 1.43. The summed E-state index contributed by atoms with van der Waals surface area (Å²) in [4.78, 5) is 26.4. The number of hydrogen-bond donors (Lipinski definition) is 0. The maximum atomic E-state index is 12.4. The van der Waals surface area contributed by atoms with Crippen LogP contribution in [0.25, 0.3) is 0 Å². The number of nitrogens with zero attached hydrogens (tertiary/aromatic N) is 2. The second-order valence-corrected chi connectivity index (χ2v) is 7.05. The van der Waals surface area contributed by atoms with Gasteiger partial charge in [-0.1, -0.05) is 29.4 Å². The third kappa shape index (κ3) is 3.71. The van der Waals surface area contributed by atoms with Crippen molar-refractivity contribution >= 4 is 35.0 Å². The number of carbonyl (C=O) groups is 1. The average Bonchev–Trinajstić information content (AvgIpc) is 3.09. The summed E-state index contributed by atoms with van der Waals surface area (Å²) in [6, 6.07) is 11.8. The molecule has 1 saturated heterocycles. The molecule has 0 spiro atoms. The van der Waals surface area contributed by atoms with E-state index >= 15 is 0 Å². The van der Waals surface area contributed by atoms with Crippen LogP contribution >= 0.6 is 23.4 Å². The van der Waals surface area contributed by atoms with Crippen molar-refractivity contribution in [2.75, 3.05) is 13.1 Å². The summed E-state index contributed by atoms with van der Waals surface area (Å²) in [7, 11) is 0. The number of nitro groups is 1. The van der Waals surface area contributed by atoms with Crippen molar-refractivity contribution in [3.63, 3.8) is 0 Å². The van der Waals surface area contributed by atoms with Gasteiger partial charge in [-0.25, -0.2) is 0 Å². The summed E-state index contributed by atoms with van der Waals surface area (Å²) in [5.74, 6) is -0.144. The Labute approximate surface area is 148 Å². The van der Waals surface area contributed by atoms with Gasteiger partial charge < -0.3 is 4.90 Å². The lowest BCUT2D eigenvalue weighted by Gasteiger charge is -2.15. The van der Waals surface area contributed by atoms with Crippen LogP contribution in [0, 0.1) is 10.1 Å². The van der Waals surface area contributed by atoms with Crippen LogP contribution in [-0.2, 0) is 0 Å². The van der Waals surface area contributed by atoms with Crippen molar-refractivity contribution in [3.8, 4) is 0 Å². The minimum Gasteiger partial charge on any atom is -0.339 e. The Morgan fingerprint density at radius 1 is 1.17 bits per heavy atom. The first-order valence-corrected chi connectivity index (χ1v) is 8.75. The Hall–Kier alpha value is -2.05. The SMILES string of the molecule is O=C(c1ccc(Sc2cccc(Cl)c2)c([N+](=O)[O-])c1)N1CCCC1. The van der Waals surface area contributed by atoms with Gasteiger partial charge in [0.05, 0.1) is 9.82 Å². The molecule has 0 radical (unpaired) electrons. The molecule has 5 nitrogen and oxygen atoms in total. The fraction of sp³-hybridized carbons (Fsp3) is 0.235. The van der Waals surface area contributed by atoms with Crippen LogP contribution in [0.5, 0.6) is 0 Å². The molecule has 0 N–H and O–H groups in total. The summed E-state index contributed by atoms with van der Waals surface area (Å²) in [6.07, 6.45) is 1.97. The molecule has 124 valence electrons. The summed E-state index contributed by atoms with van der Waals surface area (Å²) >= 11 is 7.21. The number of likely N-dealkylation sites (tertiary alicyclic amines) is 1. The monoisotopic (exact) mass is 362 g/mol. The first-order chi connectivity index (χ1) is 11.5. The van der Waals surface area contributed by atoms with E-state index in [1.54, 1.807) is 35.2 Å². The van der Waals surface area contributed by atoms with E-state index in [0.717, 1.165) is 17.7 Å². The maximum Gasteiger partial charge on any atom is 0.284 e. The number of carbonyl (C=O) groups excluding carboxylic acids is 1. The van der Waals surface area contributed by atoms with Crippen LogP contribution in [0.2, 0.25) is 5.02 Å². The molecule has 1 heterocycles. The minimum atomic E-state index is -0.451. The van der Waals surface area contributed by atoms with Crippen molar-refractivity contribution in [3.05, 3.63) is 63.2 Å². The topological polar surface area (TPSA) is 63.4 Å². The largest absolute Gasteiger partial charge is 0.339 e. The molecule has 0 atom stereocenters. The number of benzene rings is 2. The summed E-state index contributed by atoms with van der Waals surface area (Å²) in [5, 5.41) is 12.0. The fourth-order valence-corrected chi connectivity index (χ4v) is 3.86. The smallest absolute Gasteiger partial charge is 0.284 e. The van der Waals surface area contributed by atoms with E-state index in [-0.39, 0.29) is 11.6 Å². The molecule has 3 rings (SSSR count). The molecule has 0 unspecified atom stereocenters. The highest BCUT2D eigenvalue weighted by molar-refractivity contribution is 7.99. The molecule has 7 heteroatoms. The predicted molar refractivity (Wildman–Crippen MR) is 93.8 cm³/mol. The lowest BCUT2D eigenvalue weighted by Crippen LogP contribution is -2.27. The highest BCUT2D eigenvalue weighted by Crippen LogP contribution is 2.36. The summed E-state index contributed by atoms with van der Waals surface area (Å²) < 4.78 is 0. The Kier molecular flexibility index (Phi) is 5.06. The van der Waals surface area contributed by atoms with Crippen molar-refractivity contribution in [1.29, 1.82) is 0 Å². The number of rotatable bonds is 4. The third-order valence-corrected chi connectivity index (χ3v) is 5.11. The van der Waals surface area contributed by atoms with Crippen LogP contribution in [-0.4, -0.2) is 28.8 Å². The van der Waals surface area contributed by atoms with E-state index in [9.17, 15) is 14.9 Å². The van der Waals surface area contributed by atoms with Crippen LogP contribution < -0.4 is 0 Å². The highest BCUT2D eigenvalue weighted by Gasteiger charge is 2.23. The van der Waals surface area contributed by atoms with Gasteiger partial charge in [-0.05, 0) is 43.2 Å². The first kappa shape index (κ1) is 16.8. The highest BCUT2D eigenvalue weighted by atomic mass is 35.5. The standard InChI is InChI=1S/C17H15ClN2O3S/c18-13-4-3-5-14(11-13)24-16-7-6-12(10-15(16)20(22)23)17(21)19-8-1-2-9-19/h3-7,10-11H,1-2,8-9H2. The van der Waals surface area contributed by atoms with Gasteiger partial charge in [0.15, 0.2) is 0 Å². The maximum absolute atomic E-state index is 12.4. The minimum absolute atomic E-state index is 0.0648. The van der Waals surface area contributed by atoms with Crippen molar-refractivity contribution in [1.82, 2.24) is 4.90 Å². The van der Waals surface area contributed by atoms with Gasteiger partial charge in [0.2, 0.25) is 0 Å². The van der Waals surface area contributed by atoms with Crippen molar-refractivity contribution in [2.24, 2.45) is 0 Å². The van der Waals surface area contributed by atoms with Gasteiger partial charge in [-0.15, -0.1) is 0 Å². The molecule has 2 aromatic rings. The molecular formula is C17H15ClN2O3S. The molecule has 1 aliphatic rings. The van der Waals surface area contributed by atoms with E-state index < -0.39 is 4.92 Å². The Morgan fingerprint density at radius 3 is 2.58 bits per heavy atom. The molecule has 0 bridgehead atoms. The lowest BCUT2D eigenvalue weighted by molar-refractivity contribution is -0.387. The second kappa shape index (κ2) is 7.23. The van der Waals surface area contributed by atoms with E-state index in [2.05, 4.69) is 0 Å². The van der Waals surface area contributed by atoms with E-state index in [1.807, 2.05) is 6.07 Å². The number of hydrogen-bond acceptors (Lipinski definition) is 4. The molecule has 1 amide bonds. The Morgan fingerprint density at radius 2 is 1.92 bits per heavy atom. The first-order valence-electron chi connectivity index (χ1n) is 7.56. The number of nitro benzene ring substituents is 1. The van der Waals surface area contributed by atoms with Gasteiger partial charge in [-0.2, -0.15) is 0 Å². The van der Waals surface area contributed by atoms with Gasteiger partial charge >= 0.3 is 0 Å². The molecule has 0 saturated carbocycles. The predicted octanol–water partition coefficient (Wildman–Crippen LogP) is 4.64. The second-order valence-electron chi connectivity index (χ2n) is 5.50. The third-order valence-electron chi connectivity index (χ3n) is 3.82. The lowest BCUT2D eigenvalue weighted by atomic mass is 10.2. The number of amides is 1. The molecule has 1 aliphatic heterocycles. The van der Waals surface area contributed by atoms with Crippen LogP contribution in [0.4, 0.5) is 5.69 Å². The van der Waals surface area contributed by atoms with Gasteiger partial charge in [-0.3, -0.25) is 14.9 Å². The normalized spacial score (nSPS) is 14.0. The molecule has 1 fully saturated rings. The van der Waals surface area contributed by atoms with Gasteiger partial charge in [0.1, 0.15) is 0 Å². The molecule has 24 heavy (non-hydrogen) atoms. The Bertz CT molecular complexity index is 791. The average molecular weight is 363 g/mol.